The molecule has 5 nitrogen and oxygen atoms in total. The number of benzene rings is 1. The number of halogens is 1. The molecule has 0 aliphatic carbocycles. The van der Waals surface area contributed by atoms with E-state index in [1.807, 2.05) is 13.8 Å². The smallest absolute Gasteiger partial charge is 0.262 e. The van der Waals surface area contributed by atoms with Gasteiger partial charge in [0.15, 0.2) is 0 Å². The van der Waals surface area contributed by atoms with Crippen LogP contribution >= 0.6 is 11.6 Å². The van der Waals surface area contributed by atoms with Crippen molar-refractivity contribution < 1.29 is 8.42 Å². The predicted octanol–water partition coefficient (Wildman–Crippen LogP) is 1.78. The summed E-state index contributed by atoms with van der Waals surface area (Å²) in [4.78, 5) is 0.0388. The van der Waals surface area contributed by atoms with Gasteiger partial charge in [-0.3, -0.25) is 5.01 Å². The molecule has 0 unspecified atom stereocenters. The van der Waals surface area contributed by atoms with Crippen molar-refractivity contribution >= 4 is 33.1 Å². The standard InChI is InChI=1S/C10H12ClN3O2S/c1-6(2)10-13-17(15,16)8-5-3-4-7(11)9(8)14(10)12/h3-6H,12H2,1-2H3. The normalized spacial score (nSPS) is 17.9. The van der Waals surface area contributed by atoms with E-state index in [2.05, 4.69) is 4.40 Å². The molecule has 1 aromatic carbocycles. The van der Waals surface area contributed by atoms with Gasteiger partial charge in [0.2, 0.25) is 0 Å². The summed E-state index contributed by atoms with van der Waals surface area (Å²) in [6, 6.07) is 4.60. The number of nitrogens with zero attached hydrogens (tertiary/aromatic N) is 2. The largest absolute Gasteiger partial charge is 0.286 e. The maximum atomic E-state index is 12.0. The summed E-state index contributed by atoms with van der Waals surface area (Å²) in [5, 5.41) is 1.53. The fourth-order valence-electron chi connectivity index (χ4n) is 1.65. The zero-order valence-electron chi connectivity index (χ0n) is 9.38. The Morgan fingerprint density at radius 1 is 1.41 bits per heavy atom. The highest BCUT2D eigenvalue weighted by Gasteiger charge is 2.32. The molecule has 0 spiro atoms. The molecule has 2 N–H and O–H groups in total. The predicted molar refractivity (Wildman–Crippen MR) is 67.6 cm³/mol. The molecule has 1 aromatic rings. The fraction of sp³-hybridized carbons (Fsp3) is 0.300. The van der Waals surface area contributed by atoms with E-state index in [9.17, 15) is 8.42 Å². The Morgan fingerprint density at radius 3 is 2.65 bits per heavy atom. The van der Waals surface area contributed by atoms with E-state index in [-0.39, 0.29) is 22.3 Å². The maximum absolute atomic E-state index is 12.0. The van der Waals surface area contributed by atoms with Crippen LogP contribution in [0.4, 0.5) is 5.69 Å². The summed E-state index contributed by atoms with van der Waals surface area (Å²) in [7, 11) is -3.71. The van der Waals surface area contributed by atoms with Crippen molar-refractivity contribution in [3.63, 3.8) is 0 Å². The summed E-state index contributed by atoms with van der Waals surface area (Å²) >= 11 is 5.99. The van der Waals surface area contributed by atoms with Crippen LogP contribution in [-0.2, 0) is 10.0 Å². The molecule has 0 aromatic heterocycles. The Labute approximate surface area is 105 Å². The van der Waals surface area contributed by atoms with Crippen molar-refractivity contribution in [1.82, 2.24) is 0 Å². The maximum Gasteiger partial charge on any atom is 0.286 e. The number of hydrogen-bond acceptors (Lipinski definition) is 4. The summed E-state index contributed by atoms with van der Waals surface area (Å²) in [5.41, 5.74) is 0.285. The third-order valence-corrected chi connectivity index (χ3v) is 4.06. The highest BCUT2D eigenvalue weighted by atomic mass is 35.5. The van der Waals surface area contributed by atoms with Crippen LogP contribution in [0.25, 0.3) is 0 Å². The van der Waals surface area contributed by atoms with Crippen LogP contribution in [0.1, 0.15) is 13.8 Å². The van der Waals surface area contributed by atoms with Crippen molar-refractivity contribution in [2.45, 2.75) is 18.7 Å². The van der Waals surface area contributed by atoms with Gasteiger partial charge in [-0.2, -0.15) is 8.42 Å². The van der Waals surface area contributed by atoms with Crippen LogP contribution in [0, 0.1) is 5.92 Å². The number of amidine groups is 1. The molecule has 1 aliphatic heterocycles. The molecule has 7 heteroatoms. The van der Waals surface area contributed by atoms with E-state index in [4.69, 9.17) is 17.4 Å². The van der Waals surface area contributed by atoms with E-state index in [0.717, 1.165) is 0 Å². The van der Waals surface area contributed by atoms with Crippen LogP contribution in [0.5, 0.6) is 0 Å². The molecule has 1 aliphatic rings. The number of hydrazine groups is 1. The summed E-state index contributed by atoms with van der Waals surface area (Å²) in [6.45, 7) is 3.63. The van der Waals surface area contributed by atoms with E-state index in [1.165, 1.54) is 11.1 Å². The number of fused-ring (bicyclic) bond motifs is 1. The van der Waals surface area contributed by atoms with Gasteiger partial charge in [-0.1, -0.05) is 31.5 Å². The molecule has 17 heavy (non-hydrogen) atoms. The van der Waals surface area contributed by atoms with Gasteiger partial charge in [0.05, 0.1) is 10.7 Å². The summed E-state index contributed by atoms with van der Waals surface area (Å²) < 4.78 is 27.6. The topological polar surface area (TPSA) is 75.8 Å². The Morgan fingerprint density at radius 2 is 2.06 bits per heavy atom. The first-order chi connectivity index (χ1) is 7.84. The van der Waals surface area contributed by atoms with Crippen LogP contribution in [-0.4, -0.2) is 14.3 Å². The van der Waals surface area contributed by atoms with Crippen LogP contribution in [0.15, 0.2) is 27.5 Å². The minimum atomic E-state index is -3.71. The average Bonchev–Trinajstić information content (AvgIpc) is 2.23. The third-order valence-electron chi connectivity index (χ3n) is 2.45. The van der Waals surface area contributed by atoms with Gasteiger partial charge in [0, 0.05) is 5.92 Å². The van der Waals surface area contributed by atoms with Crippen molar-refractivity contribution in [3.8, 4) is 0 Å². The zero-order chi connectivity index (χ0) is 12.8. The van der Waals surface area contributed by atoms with Crippen LogP contribution in [0.2, 0.25) is 5.02 Å². The zero-order valence-corrected chi connectivity index (χ0v) is 11.0. The Balaban J connectivity index is 2.76. The van der Waals surface area contributed by atoms with E-state index in [1.54, 1.807) is 12.1 Å². The molecule has 0 bridgehead atoms. The minimum absolute atomic E-state index is 0.0388. The Bertz CT molecular complexity index is 596. The van der Waals surface area contributed by atoms with Gasteiger partial charge in [0.1, 0.15) is 10.7 Å². The Hall–Kier alpha value is -1.11. The monoisotopic (exact) mass is 273 g/mol. The van der Waals surface area contributed by atoms with Crippen molar-refractivity contribution in [1.29, 1.82) is 0 Å². The van der Waals surface area contributed by atoms with E-state index in [0.29, 0.717) is 5.02 Å². The number of sulfonamides is 1. The van der Waals surface area contributed by atoms with Gasteiger partial charge in [0.25, 0.3) is 10.0 Å². The number of hydrogen-bond donors (Lipinski definition) is 1. The van der Waals surface area contributed by atoms with Crippen LogP contribution in [0.3, 0.4) is 0 Å². The molecular formula is C10H12ClN3O2S. The molecular weight excluding hydrogens is 262 g/mol. The second-order valence-electron chi connectivity index (χ2n) is 4.04. The van der Waals surface area contributed by atoms with Crippen molar-refractivity contribution in [3.05, 3.63) is 23.2 Å². The first-order valence-corrected chi connectivity index (χ1v) is 6.84. The Kier molecular flexibility index (Phi) is 2.89. The minimum Gasteiger partial charge on any atom is -0.262 e. The molecule has 0 fully saturated rings. The lowest BCUT2D eigenvalue weighted by molar-refractivity contribution is 0.595. The lowest BCUT2D eigenvalue weighted by Crippen LogP contribution is -2.44. The van der Waals surface area contributed by atoms with Gasteiger partial charge in [-0.05, 0) is 12.1 Å². The number of anilines is 1. The molecule has 0 amide bonds. The highest BCUT2D eigenvalue weighted by Crippen LogP contribution is 2.36. The molecule has 0 saturated heterocycles. The quantitative estimate of drug-likeness (QED) is 0.792. The summed E-state index contributed by atoms with van der Waals surface area (Å²) in [6.07, 6.45) is 0. The third kappa shape index (κ3) is 1.92. The van der Waals surface area contributed by atoms with Crippen molar-refractivity contribution in [2.24, 2.45) is 16.2 Å². The summed E-state index contributed by atoms with van der Waals surface area (Å²) in [5.74, 6) is 6.04. The van der Waals surface area contributed by atoms with Gasteiger partial charge < -0.3 is 0 Å². The van der Waals surface area contributed by atoms with Gasteiger partial charge in [-0.15, -0.1) is 4.40 Å². The number of nitrogens with two attached hydrogens (primary N) is 1. The second kappa shape index (κ2) is 3.97. The first kappa shape index (κ1) is 12.3. The molecule has 0 atom stereocenters. The average molecular weight is 274 g/mol. The van der Waals surface area contributed by atoms with E-state index >= 15 is 0 Å². The molecule has 0 radical (unpaired) electrons. The number of para-hydroxylation sites is 1. The molecule has 2 rings (SSSR count). The molecule has 0 saturated carbocycles. The first-order valence-electron chi connectivity index (χ1n) is 5.03. The fourth-order valence-corrected chi connectivity index (χ4v) is 3.32. The molecule has 1 heterocycles. The highest BCUT2D eigenvalue weighted by molar-refractivity contribution is 7.90. The SMILES string of the molecule is CC(C)C1=NS(=O)(=O)c2cccc(Cl)c2N1N. The van der Waals surface area contributed by atoms with Crippen molar-refractivity contribution in [2.75, 3.05) is 5.01 Å². The lowest BCUT2D eigenvalue weighted by Gasteiger charge is -2.29. The molecule has 92 valence electrons. The van der Waals surface area contributed by atoms with Gasteiger partial charge >= 0.3 is 0 Å². The lowest BCUT2D eigenvalue weighted by atomic mass is 10.2. The number of rotatable bonds is 1. The second-order valence-corrected chi connectivity index (χ2v) is 6.02. The van der Waals surface area contributed by atoms with Crippen LogP contribution < -0.4 is 10.9 Å². The van der Waals surface area contributed by atoms with E-state index < -0.39 is 10.0 Å². The van der Waals surface area contributed by atoms with Gasteiger partial charge in [-0.25, -0.2) is 5.84 Å².